The Balaban J connectivity index is 2.49. The van der Waals surface area contributed by atoms with Gasteiger partial charge in [-0.05, 0) is 17.7 Å². The van der Waals surface area contributed by atoms with E-state index in [-0.39, 0.29) is 0 Å². The van der Waals surface area contributed by atoms with Crippen molar-refractivity contribution in [3.05, 3.63) is 23.6 Å². The van der Waals surface area contributed by atoms with Gasteiger partial charge in [0.2, 0.25) is 0 Å². The van der Waals surface area contributed by atoms with Crippen LogP contribution in [0.3, 0.4) is 0 Å². The second-order valence-electron chi connectivity index (χ2n) is 3.47. The van der Waals surface area contributed by atoms with Crippen molar-refractivity contribution in [3.63, 3.8) is 0 Å². The molecule has 0 fully saturated rings. The Morgan fingerprint density at radius 1 is 1.31 bits per heavy atom. The number of nitrogens with zero attached hydrogens (tertiary/aromatic N) is 3. The summed E-state index contributed by atoms with van der Waals surface area (Å²) in [5.41, 5.74) is 0.998. The summed E-state index contributed by atoms with van der Waals surface area (Å²) >= 11 is 3.27. The van der Waals surface area contributed by atoms with Gasteiger partial charge in [-0.3, -0.25) is 0 Å². The molecule has 0 aliphatic carbocycles. The second kappa shape index (κ2) is 4.84. The molecule has 0 aliphatic rings. The van der Waals surface area contributed by atoms with E-state index < -0.39 is 0 Å². The van der Waals surface area contributed by atoms with E-state index in [1.807, 2.05) is 37.4 Å². The van der Waals surface area contributed by atoms with Crippen LogP contribution in [0, 0.1) is 0 Å². The van der Waals surface area contributed by atoms with Crippen molar-refractivity contribution in [1.29, 1.82) is 0 Å². The number of hydrogen-bond donors (Lipinski definition) is 0. The first-order valence-electron chi connectivity index (χ1n) is 4.85. The van der Waals surface area contributed by atoms with Crippen LogP contribution in [0.4, 0.5) is 5.82 Å². The number of hydrogen-bond acceptors (Lipinski definition) is 5. The summed E-state index contributed by atoms with van der Waals surface area (Å²) in [6.07, 6.45) is 1.99. The lowest BCUT2D eigenvalue weighted by Crippen LogP contribution is -2.11. The van der Waals surface area contributed by atoms with Gasteiger partial charge in [0.15, 0.2) is 5.16 Å². The Labute approximate surface area is 104 Å². The van der Waals surface area contributed by atoms with E-state index in [1.54, 1.807) is 23.1 Å². The van der Waals surface area contributed by atoms with Crippen LogP contribution in [0.1, 0.15) is 0 Å². The highest BCUT2D eigenvalue weighted by molar-refractivity contribution is 7.98. The quantitative estimate of drug-likeness (QED) is 0.619. The molecule has 0 saturated heterocycles. The van der Waals surface area contributed by atoms with Crippen LogP contribution in [-0.4, -0.2) is 30.3 Å². The lowest BCUT2D eigenvalue weighted by molar-refractivity contribution is 0.936. The number of aromatic nitrogens is 2. The standard InChI is InChI=1S/C11H13N3S2/c1-14(2)10-7-8(9-5-4-6-16-9)12-11(13-10)15-3/h4-7H,1-3H3. The van der Waals surface area contributed by atoms with Crippen molar-refractivity contribution >= 4 is 28.9 Å². The van der Waals surface area contributed by atoms with Crippen LogP contribution in [0.15, 0.2) is 28.7 Å². The Morgan fingerprint density at radius 3 is 2.69 bits per heavy atom. The fourth-order valence-corrected chi connectivity index (χ4v) is 2.34. The molecule has 3 nitrogen and oxygen atoms in total. The third-order valence-corrected chi connectivity index (χ3v) is 3.55. The largest absolute Gasteiger partial charge is 0.363 e. The van der Waals surface area contributed by atoms with E-state index in [2.05, 4.69) is 21.4 Å². The van der Waals surface area contributed by atoms with Crippen molar-refractivity contribution in [1.82, 2.24) is 9.97 Å². The molecule has 0 saturated carbocycles. The highest BCUT2D eigenvalue weighted by Gasteiger charge is 2.07. The van der Waals surface area contributed by atoms with Crippen LogP contribution in [0.5, 0.6) is 0 Å². The highest BCUT2D eigenvalue weighted by Crippen LogP contribution is 2.27. The highest BCUT2D eigenvalue weighted by atomic mass is 32.2. The average Bonchev–Trinajstić information content (AvgIpc) is 2.81. The number of rotatable bonds is 3. The fraction of sp³-hybridized carbons (Fsp3) is 0.273. The molecule has 0 N–H and O–H groups in total. The zero-order valence-corrected chi connectivity index (χ0v) is 11.1. The predicted molar refractivity (Wildman–Crippen MR) is 71.5 cm³/mol. The summed E-state index contributed by atoms with van der Waals surface area (Å²) < 4.78 is 0. The molecule has 16 heavy (non-hydrogen) atoms. The van der Waals surface area contributed by atoms with Crippen LogP contribution in [0.2, 0.25) is 0 Å². The molecule has 5 heteroatoms. The van der Waals surface area contributed by atoms with Gasteiger partial charge in [-0.25, -0.2) is 9.97 Å². The topological polar surface area (TPSA) is 29.0 Å². The Hall–Kier alpha value is -1.07. The first-order chi connectivity index (χ1) is 7.70. The summed E-state index contributed by atoms with van der Waals surface area (Å²) in [6, 6.07) is 6.14. The molecule has 2 rings (SSSR count). The second-order valence-corrected chi connectivity index (χ2v) is 5.19. The maximum atomic E-state index is 4.51. The minimum absolute atomic E-state index is 0.814. The molecule has 0 amide bonds. The Kier molecular flexibility index (Phi) is 3.46. The molecule has 0 radical (unpaired) electrons. The summed E-state index contributed by atoms with van der Waals surface area (Å²) in [4.78, 5) is 12.1. The van der Waals surface area contributed by atoms with Crippen molar-refractivity contribution in [2.75, 3.05) is 25.3 Å². The number of thiophene rings is 1. The zero-order valence-electron chi connectivity index (χ0n) is 9.47. The van der Waals surface area contributed by atoms with Crippen molar-refractivity contribution in [2.45, 2.75) is 5.16 Å². The van der Waals surface area contributed by atoms with Crippen molar-refractivity contribution in [3.8, 4) is 10.6 Å². The predicted octanol–water partition coefficient (Wildman–Crippen LogP) is 2.99. The monoisotopic (exact) mass is 251 g/mol. The van der Waals surface area contributed by atoms with E-state index in [4.69, 9.17) is 0 Å². The lowest BCUT2D eigenvalue weighted by atomic mass is 10.3. The minimum atomic E-state index is 0.814. The van der Waals surface area contributed by atoms with Gasteiger partial charge < -0.3 is 4.90 Å². The van der Waals surface area contributed by atoms with E-state index in [0.717, 1.165) is 16.7 Å². The summed E-state index contributed by atoms with van der Waals surface area (Å²) in [5, 5.41) is 2.88. The molecule has 2 aromatic heterocycles. The van der Waals surface area contributed by atoms with Gasteiger partial charge in [0, 0.05) is 20.2 Å². The molecule has 2 aromatic rings. The summed E-state index contributed by atoms with van der Waals surface area (Å²) in [7, 11) is 3.98. The van der Waals surface area contributed by atoms with Crippen LogP contribution in [-0.2, 0) is 0 Å². The first kappa shape index (κ1) is 11.4. The van der Waals surface area contributed by atoms with Crippen molar-refractivity contribution in [2.24, 2.45) is 0 Å². The minimum Gasteiger partial charge on any atom is -0.363 e. The molecule has 0 unspecified atom stereocenters. The first-order valence-corrected chi connectivity index (χ1v) is 6.95. The van der Waals surface area contributed by atoms with Gasteiger partial charge in [-0.1, -0.05) is 17.8 Å². The third-order valence-electron chi connectivity index (χ3n) is 2.11. The smallest absolute Gasteiger partial charge is 0.189 e. The Morgan fingerprint density at radius 2 is 2.12 bits per heavy atom. The average molecular weight is 251 g/mol. The van der Waals surface area contributed by atoms with Gasteiger partial charge in [-0.2, -0.15) is 0 Å². The number of thioether (sulfide) groups is 1. The maximum absolute atomic E-state index is 4.51. The Bertz CT molecular complexity index is 466. The normalized spacial score (nSPS) is 10.4. The van der Waals surface area contributed by atoms with Gasteiger partial charge in [0.05, 0.1) is 10.6 Å². The van der Waals surface area contributed by atoms with E-state index in [9.17, 15) is 0 Å². The molecular weight excluding hydrogens is 238 g/mol. The van der Waals surface area contributed by atoms with E-state index >= 15 is 0 Å². The fourth-order valence-electron chi connectivity index (χ4n) is 1.28. The molecule has 0 bridgehead atoms. The van der Waals surface area contributed by atoms with Crippen LogP contribution >= 0.6 is 23.1 Å². The maximum Gasteiger partial charge on any atom is 0.189 e. The molecule has 0 atom stereocenters. The lowest BCUT2D eigenvalue weighted by Gasteiger charge is -2.12. The third kappa shape index (κ3) is 2.36. The molecule has 0 aliphatic heterocycles. The van der Waals surface area contributed by atoms with Crippen LogP contribution in [0.25, 0.3) is 10.6 Å². The molecule has 0 aromatic carbocycles. The van der Waals surface area contributed by atoms with E-state index in [1.165, 1.54) is 4.88 Å². The number of anilines is 1. The van der Waals surface area contributed by atoms with Crippen LogP contribution < -0.4 is 4.90 Å². The SMILES string of the molecule is CSc1nc(-c2cccs2)cc(N(C)C)n1. The zero-order chi connectivity index (χ0) is 11.5. The van der Waals surface area contributed by atoms with Gasteiger partial charge >= 0.3 is 0 Å². The summed E-state index contributed by atoms with van der Waals surface area (Å²) in [6.45, 7) is 0. The van der Waals surface area contributed by atoms with Gasteiger partial charge in [0.25, 0.3) is 0 Å². The van der Waals surface area contributed by atoms with E-state index in [0.29, 0.717) is 0 Å². The van der Waals surface area contributed by atoms with Crippen molar-refractivity contribution < 1.29 is 0 Å². The van der Waals surface area contributed by atoms with Gasteiger partial charge in [-0.15, -0.1) is 11.3 Å². The molecular formula is C11H13N3S2. The summed E-state index contributed by atoms with van der Waals surface area (Å²) in [5.74, 6) is 0.947. The molecule has 2 heterocycles. The molecule has 84 valence electrons. The molecule has 0 spiro atoms. The van der Waals surface area contributed by atoms with Gasteiger partial charge in [0.1, 0.15) is 5.82 Å².